The monoisotopic (exact) mass is 255 g/mol. The van der Waals surface area contributed by atoms with Crippen LogP contribution in [0.3, 0.4) is 0 Å². The average Bonchev–Trinajstić information content (AvgIpc) is 2.12. The van der Waals surface area contributed by atoms with Gasteiger partial charge in [-0.15, -0.1) is 0 Å². The van der Waals surface area contributed by atoms with Gasteiger partial charge in [0.2, 0.25) is 0 Å². The summed E-state index contributed by atoms with van der Waals surface area (Å²) in [4.78, 5) is 0. The van der Waals surface area contributed by atoms with Gasteiger partial charge in [0, 0.05) is 6.61 Å². The van der Waals surface area contributed by atoms with Gasteiger partial charge in [-0.1, -0.05) is 20.8 Å². The van der Waals surface area contributed by atoms with E-state index in [0.29, 0.717) is 12.3 Å². The van der Waals surface area contributed by atoms with Crippen molar-refractivity contribution in [3.63, 3.8) is 0 Å². The maximum absolute atomic E-state index is 11.8. The SMILES string of the molecule is CNCC(CCCOCC(F)(F)F)C(C)(C)C. The number of nitrogens with one attached hydrogen (secondary N) is 1. The zero-order valence-electron chi connectivity index (χ0n) is 11.2. The molecule has 1 atom stereocenters. The van der Waals surface area contributed by atoms with Gasteiger partial charge >= 0.3 is 6.18 Å². The third kappa shape index (κ3) is 9.41. The Balaban J connectivity index is 3.77. The van der Waals surface area contributed by atoms with Crippen molar-refractivity contribution in [3.05, 3.63) is 0 Å². The minimum Gasteiger partial charge on any atom is -0.372 e. The Morgan fingerprint density at radius 3 is 2.18 bits per heavy atom. The quantitative estimate of drug-likeness (QED) is 0.705. The predicted molar refractivity (Wildman–Crippen MR) is 63.0 cm³/mol. The number of ether oxygens (including phenoxy) is 1. The van der Waals surface area contributed by atoms with Crippen molar-refractivity contribution >= 4 is 0 Å². The van der Waals surface area contributed by atoms with E-state index >= 15 is 0 Å². The molecular formula is C12H24F3NO. The highest BCUT2D eigenvalue weighted by molar-refractivity contribution is 4.75. The van der Waals surface area contributed by atoms with Gasteiger partial charge < -0.3 is 10.1 Å². The Hall–Kier alpha value is -0.290. The first-order valence-corrected chi connectivity index (χ1v) is 5.96. The second kappa shape index (κ2) is 7.21. The van der Waals surface area contributed by atoms with E-state index in [9.17, 15) is 13.2 Å². The molecule has 0 radical (unpaired) electrons. The largest absolute Gasteiger partial charge is 0.411 e. The first kappa shape index (κ1) is 16.7. The fourth-order valence-electron chi connectivity index (χ4n) is 1.71. The normalized spacial score (nSPS) is 15.0. The summed E-state index contributed by atoms with van der Waals surface area (Å²) in [6.07, 6.45) is -2.67. The van der Waals surface area contributed by atoms with Crippen molar-refractivity contribution in [1.29, 1.82) is 0 Å². The van der Waals surface area contributed by atoms with Crippen LogP contribution in [0.4, 0.5) is 13.2 Å². The van der Waals surface area contributed by atoms with Gasteiger partial charge in [-0.05, 0) is 37.8 Å². The van der Waals surface area contributed by atoms with E-state index in [2.05, 4.69) is 30.8 Å². The fourth-order valence-corrected chi connectivity index (χ4v) is 1.71. The molecule has 0 amide bonds. The van der Waals surface area contributed by atoms with Crippen LogP contribution in [0, 0.1) is 11.3 Å². The van der Waals surface area contributed by atoms with Gasteiger partial charge in [0.15, 0.2) is 0 Å². The lowest BCUT2D eigenvalue weighted by atomic mass is 9.78. The molecule has 0 aliphatic carbocycles. The lowest BCUT2D eigenvalue weighted by Crippen LogP contribution is -2.30. The van der Waals surface area contributed by atoms with Gasteiger partial charge in [0.05, 0.1) is 0 Å². The molecule has 2 nitrogen and oxygen atoms in total. The molecule has 17 heavy (non-hydrogen) atoms. The van der Waals surface area contributed by atoms with E-state index < -0.39 is 12.8 Å². The molecule has 0 bridgehead atoms. The van der Waals surface area contributed by atoms with Crippen molar-refractivity contribution in [2.24, 2.45) is 11.3 Å². The van der Waals surface area contributed by atoms with Gasteiger partial charge in [-0.25, -0.2) is 0 Å². The summed E-state index contributed by atoms with van der Waals surface area (Å²) in [6, 6.07) is 0. The average molecular weight is 255 g/mol. The van der Waals surface area contributed by atoms with E-state index in [1.165, 1.54) is 0 Å². The summed E-state index contributed by atoms with van der Waals surface area (Å²) < 4.78 is 40.0. The van der Waals surface area contributed by atoms with E-state index in [1.807, 2.05) is 7.05 Å². The summed E-state index contributed by atoms with van der Waals surface area (Å²) in [5.41, 5.74) is 0.160. The zero-order valence-corrected chi connectivity index (χ0v) is 11.2. The van der Waals surface area contributed by atoms with Crippen LogP contribution in [0.25, 0.3) is 0 Å². The maximum atomic E-state index is 11.8. The lowest BCUT2D eigenvalue weighted by Gasteiger charge is -2.30. The second-order valence-electron chi connectivity index (χ2n) is 5.43. The molecular weight excluding hydrogens is 231 g/mol. The van der Waals surface area contributed by atoms with Crippen LogP contribution in [0.15, 0.2) is 0 Å². The van der Waals surface area contributed by atoms with Crippen LogP contribution >= 0.6 is 0 Å². The van der Waals surface area contributed by atoms with Crippen LogP contribution in [-0.4, -0.2) is 33.0 Å². The molecule has 104 valence electrons. The number of rotatable bonds is 7. The van der Waals surface area contributed by atoms with Crippen molar-refractivity contribution in [2.45, 2.75) is 39.8 Å². The van der Waals surface area contributed by atoms with Crippen LogP contribution < -0.4 is 5.32 Å². The summed E-state index contributed by atoms with van der Waals surface area (Å²) in [5.74, 6) is 0.446. The molecule has 0 saturated carbocycles. The Kier molecular flexibility index (Phi) is 7.09. The summed E-state index contributed by atoms with van der Waals surface area (Å²) in [5, 5.41) is 3.12. The Bertz CT molecular complexity index is 199. The topological polar surface area (TPSA) is 21.3 Å². The highest BCUT2D eigenvalue weighted by Crippen LogP contribution is 2.29. The predicted octanol–water partition coefficient (Wildman–Crippen LogP) is 3.23. The zero-order chi connectivity index (χ0) is 13.5. The first-order valence-electron chi connectivity index (χ1n) is 5.96. The molecule has 0 rings (SSSR count). The molecule has 0 aromatic carbocycles. The summed E-state index contributed by atoms with van der Waals surface area (Å²) in [6.45, 7) is 6.35. The molecule has 0 aromatic heterocycles. The second-order valence-corrected chi connectivity index (χ2v) is 5.43. The third-order valence-electron chi connectivity index (χ3n) is 2.78. The molecule has 5 heteroatoms. The molecule has 0 heterocycles. The standard InChI is InChI=1S/C12H24F3NO/c1-11(2,3)10(8-16-4)6-5-7-17-9-12(13,14)15/h10,16H,5-9H2,1-4H3. The molecule has 0 fully saturated rings. The number of hydrogen-bond acceptors (Lipinski definition) is 2. The molecule has 0 aromatic rings. The smallest absolute Gasteiger partial charge is 0.372 e. The lowest BCUT2D eigenvalue weighted by molar-refractivity contribution is -0.174. The van der Waals surface area contributed by atoms with Crippen molar-refractivity contribution in [3.8, 4) is 0 Å². The minimum absolute atomic E-state index is 0.160. The molecule has 0 spiro atoms. The number of alkyl halides is 3. The highest BCUT2D eigenvalue weighted by atomic mass is 19.4. The number of halogens is 3. The van der Waals surface area contributed by atoms with Crippen LogP contribution in [0.2, 0.25) is 0 Å². The van der Waals surface area contributed by atoms with Crippen molar-refractivity contribution in [2.75, 3.05) is 26.8 Å². The highest BCUT2D eigenvalue weighted by Gasteiger charge is 2.27. The van der Waals surface area contributed by atoms with E-state index in [4.69, 9.17) is 0 Å². The van der Waals surface area contributed by atoms with E-state index in [-0.39, 0.29) is 12.0 Å². The molecule has 1 N–H and O–H groups in total. The Morgan fingerprint density at radius 2 is 1.76 bits per heavy atom. The van der Waals surface area contributed by atoms with E-state index in [0.717, 1.165) is 13.0 Å². The molecule has 0 aliphatic heterocycles. The molecule has 0 saturated heterocycles. The van der Waals surface area contributed by atoms with Crippen LogP contribution in [0.5, 0.6) is 0 Å². The van der Waals surface area contributed by atoms with Crippen LogP contribution in [-0.2, 0) is 4.74 Å². The van der Waals surface area contributed by atoms with Crippen LogP contribution in [0.1, 0.15) is 33.6 Å². The minimum atomic E-state index is -4.21. The third-order valence-corrected chi connectivity index (χ3v) is 2.78. The molecule has 0 aliphatic rings. The summed E-state index contributed by atoms with van der Waals surface area (Å²) >= 11 is 0. The molecule has 1 unspecified atom stereocenters. The Labute approximate surface area is 102 Å². The Morgan fingerprint density at radius 1 is 1.18 bits per heavy atom. The van der Waals surface area contributed by atoms with Gasteiger partial charge in [-0.3, -0.25) is 0 Å². The van der Waals surface area contributed by atoms with Crippen molar-refractivity contribution < 1.29 is 17.9 Å². The summed E-state index contributed by atoms with van der Waals surface area (Å²) in [7, 11) is 1.89. The van der Waals surface area contributed by atoms with Crippen molar-refractivity contribution in [1.82, 2.24) is 5.32 Å². The number of hydrogen-bond donors (Lipinski definition) is 1. The van der Waals surface area contributed by atoms with Gasteiger partial charge in [0.25, 0.3) is 0 Å². The van der Waals surface area contributed by atoms with Gasteiger partial charge in [-0.2, -0.15) is 13.2 Å². The fraction of sp³-hybridized carbons (Fsp3) is 1.00. The maximum Gasteiger partial charge on any atom is 0.411 e. The van der Waals surface area contributed by atoms with Gasteiger partial charge in [0.1, 0.15) is 6.61 Å². The van der Waals surface area contributed by atoms with E-state index in [1.54, 1.807) is 0 Å². The first-order chi connectivity index (χ1) is 7.67.